The van der Waals surface area contributed by atoms with E-state index >= 15 is 0 Å². The maximum Gasteiger partial charge on any atom is 0.253 e. The van der Waals surface area contributed by atoms with Gasteiger partial charge in [-0.15, -0.1) is 0 Å². The van der Waals surface area contributed by atoms with Crippen LogP contribution in [-0.4, -0.2) is 68.3 Å². The van der Waals surface area contributed by atoms with Crippen molar-refractivity contribution in [3.05, 3.63) is 94.7 Å². The smallest absolute Gasteiger partial charge is 0.253 e. The highest BCUT2D eigenvalue weighted by Crippen LogP contribution is 2.48. The first kappa shape index (κ1) is 40.4. The second kappa shape index (κ2) is 16.3. The molecule has 0 saturated carbocycles. The molecule has 3 heterocycles. The Labute approximate surface area is 318 Å². The summed E-state index contributed by atoms with van der Waals surface area (Å²) in [7, 11) is -4.65. The molecule has 0 unspecified atom stereocenters. The fourth-order valence-corrected chi connectivity index (χ4v) is 7.56. The predicted molar refractivity (Wildman–Crippen MR) is 210 cm³/mol. The van der Waals surface area contributed by atoms with E-state index in [0.29, 0.717) is 19.4 Å². The van der Waals surface area contributed by atoms with Gasteiger partial charge in [0.05, 0.1) is 11.0 Å². The highest BCUT2D eigenvalue weighted by molar-refractivity contribution is 7.85. The Morgan fingerprint density at radius 3 is 2.30 bits per heavy atom. The number of hydrogen-bond donors (Lipinski definition) is 1. The van der Waals surface area contributed by atoms with Gasteiger partial charge in [0.2, 0.25) is 11.3 Å². The van der Waals surface area contributed by atoms with Gasteiger partial charge in [-0.3, -0.25) is 19.3 Å². The number of nitrogens with one attached hydrogen (secondary N) is 1. The molecule has 0 fully saturated rings. The third kappa shape index (κ3) is 8.93. The lowest BCUT2D eigenvalue weighted by Gasteiger charge is -2.27. The van der Waals surface area contributed by atoms with Gasteiger partial charge >= 0.3 is 0 Å². The van der Waals surface area contributed by atoms with E-state index < -0.39 is 15.5 Å². The summed E-state index contributed by atoms with van der Waals surface area (Å²) < 4.78 is 44.8. The van der Waals surface area contributed by atoms with Crippen molar-refractivity contribution in [1.29, 1.82) is 0 Å². The number of amides is 3. The number of hydrogen-bond acceptors (Lipinski definition) is 8. The van der Waals surface area contributed by atoms with Crippen LogP contribution in [0.15, 0.2) is 81.8 Å². The third-order valence-electron chi connectivity index (χ3n) is 10.2. The van der Waals surface area contributed by atoms with Gasteiger partial charge in [-0.1, -0.05) is 53.2 Å². The molecule has 3 aliphatic heterocycles. The van der Waals surface area contributed by atoms with Crippen LogP contribution in [0.4, 0.5) is 5.69 Å². The zero-order valence-corrected chi connectivity index (χ0v) is 33.2. The lowest BCUT2D eigenvalue weighted by molar-refractivity contribution is -0.137. The maximum atomic E-state index is 12.5. The van der Waals surface area contributed by atoms with E-state index in [9.17, 15) is 27.4 Å². The Morgan fingerprint density at radius 1 is 0.944 bits per heavy atom. The number of unbranched alkanes of at least 4 members (excludes halogenated alkanes) is 2. The molecule has 1 aromatic carbocycles. The van der Waals surface area contributed by atoms with E-state index in [1.165, 1.54) is 24.3 Å². The van der Waals surface area contributed by atoms with Crippen molar-refractivity contribution in [2.24, 2.45) is 0 Å². The van der Waals surface area contributed by atoms with Crippen LogP contribution in [0.3, 0.4) is 0 Å². The first-order chi connectivity index (χ1) is 25.4. The van der Waals surface area contributed by atoms with Crippen LogP contribution in [0.5, 0.6) is 0 Å². The van der Waals surface area contributed by atoms with Crippen molar-refractivity contribution >= 4 is 39.6 Å². The largest absolute Gasteiger partial charge is 0.744 e. The lowest BCUT2D eigenvalue weighted by atomic mass is 9.83. The molecule has 288 valence electrons. The topological polar surface area (TPSA) is 143 Å². The monoisotopic (exact) mass is 756 g/mol. The predicted octanol–water partition coefficient (Wildman–Crippen LogP) is 5.69. The molecule has 54 heavy (non-hydrogen) atoms. The highest BCUT2D eigenvalue weighted by Gasteiger charge is 2.40. The van der Waals surface area contributed by atoms with E-state index in [4.69, 9.17) is 4.42 Å². The molecule has 1 N–H and O–H groups in total. The molecule has 0 aromatic heterocycles. The van der Waals surface area contributed by atoms with Crippen molar-refractivity contribution in [1.82, 2.24) is 14.8 Å². The normalized spacial score (nSPS) is 16.3. The fourth-order valence-electron chi connectivity index (χ4n) is 7.07. The third-order valence-corrected chi connectivity index (χ3v) is 11.0. The minimum absolute atomic E-state index is 0.130. The van der Waals surface area contributed by atoms with Gasteiger partial charge in [-0.25, -0.2) is 13.0 Å². The van der Waals surface area contributed by atoms with Crippen LogP contribution in [-0.2, 0) is 35.3 Å². The first-order valence-electron chi connectivity index (χ1n) is 18.7. The van der Waals surface area contributed by atoms with E-state index in [1.54, 1.807) is 6.07 Å². The fraction of sp³-hybridized carbons (Fsp3) is 0.429. The standard InChI is InChI=1S/C42H52N4O7S/c1-8-44(9-2)30-17-19-32-29(26-37(41(3,4)5)53-35(32)27-30)14-13-15-36-42(6,7)33-28-31(54(50,51)52)18-20-34(33)45(36)24-12-10-11-16-38(47)43-23-25-46-39(48)21-22-40(46)49/h13-15,17-22,26-28H,8-12,16,23-25H2,1-7H3,(H-,43,47,50,51,52). The van der Waals surface area contributed by atoms with Gasteiger partial charge in [0, 0.05) is 72.1 Å². The number of benzene rings is 2. The van der Waals surface area contributed by atoms with Crippen LogP contribution < -0.4 is 20.1 Å². The molecule has 11 nitrogen and oxygen atoms in total. The van der Waals surface area contributed by atoms with E-state index in [-0.39, 0.29) is 41.1 Å². The van der Waals surface area contributed by atoms with Gasteiger partial charge in [0.25, 0.3) is 11.8 Å². The van der Waals surface area contributed by atoms with Crippen LogP contribution in [0.2, 0.25) is 0 Å². The van der Waals surface area contributed by atoms with Crippen LogP contribution in [0.1, 0.15) is 91.0 Å². The number of anilines is 1. The van der Waals surface area contributed by atoms with E-state index in [1.807, 2.05) is 19.9 Å². The van der Waals surface area contributed by atoms with Crippen molar-refractivity contribution in [3.8, 4) is 11.3 Å². The summed E-state index contributed by atoms with van der Waals surface area (Å²) in [6, 6.07) is 13.0. The minimum atomic E-state index is -4.65. The Balaban J connectivity index is 1.37. The van der Waals surface area contributed by atoms with Crippen molar-refractivity contribution in [3.63, 3.8) is 0 Å². The molecule has 12 heteroatoms. The first-order valence-corrected chi connectivity index (χ1v) is 20.1. The average Bonchev–Trinajstić information content (AvgIpc) is 3.54. The molecule has 0 radical (unpaired) electrons. The number of nitrogens with zero attached hydrogens (tertiary/aromatic N) is 3. The number of carbonyl (C=O) groups is 3. The highest BCUT2D eigenvalue weighted by atomic mass is 32.2. The number of allylic oxidation sites excluding steroid dienone is 3. The van der Waals surface area contributed by atoms with Crippen LogP contribution in [0, 0.1) is 0 Å². The number of imide groups is 1. The number of fused-ring (bicyclic) bond motifs is 2. The molecule has 1 aliphatic carbocycles. The summed E-state index contributed by atoms with van der Waals surface area (Å²) >= 11 is 0. The van der Waals surface area contributed by atoms with Crippen LogP contribution in [0.25, 0.3) is 17.4 Å². The van der Waals surface area contributed by atoms with Crippen molar-refractivity contribution in [2.45, 2.75) is 89.9 Å². The van der Waals surface area contributed by atoms with E-state index in [0.717, 1.165) is 75.8 Å². The van der Waals surface area contributed by atoms with Gasteiger partial charge in [-0.05, 0) is 74.2 Å². The van der Waals surface area contributed by atoms with Crippen LogP contribution >= 0.6 is 0 Å². The quantitative estimate of drug-likeness (QED) is 0.0957. The molecular weight excluding hydrogens is 705 g/mol. The zero-order chi connectivity index (χ0) is 39.4. The zero-order valence-electron chi connectivity index (χ0n) is 32.4. The summed E-state index contributed by atoms with van der Waals surface area (Å²) in [4.78, 5) is 38.9. The Hall–Kier alpha value is -4.81. The van der Waals surface area contributed by atoms with E-state index in [2.05, 4.69) is 85.8 Å². The summed E-state index contributed by atoms with van der Waals surface area (Å²) in [5.41, 5.74) is 3.72. The van der Waals surface area contributed by atoms with Gasteiger partial charge in [0.15, 0.2) is 0 Å². The molecule has 0 bridgehead atoms. The average molecular weight is 757 g/mol. The summed E-state index contributed by atoms with van der Waals surface area (Å²) in [6.07, 6.45) is 11.1. The van der Waals surface area contributed by atoms with Gasteiger partial charge in [-0.2, -0.15) is 0 Å². The maximum absolute atomic E-state index is 12.5. The Bertz CT molecular complexity index is 2150. The molecule has 0 atom stereocenters. The second-order valence-electron chi connectivity index (χ2n) is 15.3. The molecule has 4 aliphatic rings. The SMILES string of the molecule is CC[N+](CC)=c1ccc2c(/C=C/C=C3/N(CCCCCC(=O)NCCN4C(=O)C=CC4=O)c4ccc(S(=O)(=O)[O-])cc4C3(C)C)cc(C(C)(C)C)oc-2c1. The number of carbonyl (C=O) groups excluding carboxylic acids is 3. The molecule has 0 spiro atoms. The molecule has 5 rings (SSSR count). The second-order valence-corrected chi connectivity index (χ2v) is 16.7. The molecule has 1 aromatic rings. The number of rotatable bonds is 14. The molecule has 0 saturated heterocycles. The van der Waals surface area contributed by atoms with Crippen molar-refractivity contribution in [2.75, 3.05) is 37.6 Å². The van der Waals surface area contributed by atoms with Crippen molar-refractivity contribution < 1.29 is 31.8 Å². The summed E-state index contributed by atoms with van der Waals surface area (Å²) in [6.45, 7) is 17.4. The summed E-state index contributed by atoms with van der Waals surface area (Å²) in [5.74, 6) is 0.775. The minimum Gasteiger partial charge on any atom is -0.744 e. The molecule has 3 amide bonds. The van der Waals surface area contributed by atoms with Gasteiger partial charge in [0.1, 0.15) is 34.7 Å². The molecular formula is C42H52N4O7S. The Kier molecular flexibility index (Phi) is 12.2. The van der Waals surface area contributed by atoms with Gasteiger partial charge < -0.3 is 19.2 Å². The lowest BCUT2D eigenvalue weighted by Crippen LogP contribution is -2.38. The Morgan fingerprint density at radius 2 is 1.65 bits per heavy atom. The summed E-state index contributed by atoms with van der Waals surface area (Å²) in [5, 5.41) is 3.88.